The molecule has 2 aromatic heterocycles. The maximum atomic E-state index is 12.6. The van der Waals surface area contributed by atoms with Gasteiger partial charge in [0.25, 0.3) is 0 Å². The van der Waals surface area contributed by atoms with Gasteiger partial charge < -0.3 is 5.11 Å². The second-order valence-corrected chi connectivity index (χ2v) is 4.67. The summed E-state index contributed by atoms with van der Waals surface area (Å²) in [6.07, 6.45) is -3.02. The summed E-state index contributed by atoms with van der Waals surface area (Å²) in [5.74, 6) is -1.12. The molecule has 0 saturated carbocycles. The van der Waals surface area contributed by atoms with Crippen LogP contribution in [-0.4, -0.2) is 25.9 Å². The molecule has 0 saturated heterocycles. The number of fused-ring (bicyclic) bond motifs is 1. The summed E-state index contributed by atoms with van der Waals surface area (Å²) in [6, 6.07) is 7.80. The van der Waals surface area contributed by atoms with Gasteiger partial charge >= 0.3 is 12.1 Å². The summed E-state index contributed by atoms with van der Waals surface area (Å²) in [7, 11) is 0. The Morgan fingerprint density at radius 2 is 2.00 bits per heavy atom. The number of carboxylic acids is 1. The summed E-state index contributed by atoms with van der Waals surface area (Å²) in [5.41, 5.74) is 2.04. The third-order valence-corrected chi connectivity index (χ3v) is 3.02. The molecule has 0 radical (unpaired) electrons. The number of pyridine rings is 1. The lowest BCUT2D eigenvalue weighted by atomic mass is 10.2. The summed E-state index contributed by atoms with van der Waals surface area (Å²) in [5, 5.41) is 13.6. The summed E-state index contributed by atoms with van der Waals surface area (Å²) in [4.78, 5) is 15.6. The molecule has 0 spiro atoms. The number of aromatic nitrogens is 3. The normalized spacial score (nSPS) is 11.6. The van der Waals surface area contributed by atoms with E-state index in [1.165, 1.54) is 35.3 Å². The van der Waals surface area contributed by atoms with Crippen molar-refractivity contribution in [2.45, 2.75) is 6.18 Å². The maximum Gasteiger partial charge on any atom is 0.433 e. The quantitative estimate of drug-likeness (QED) is 0.775. The van der Waals surface area contributed by atoms with Crippen molar-refractivity contribution >= 4 is 22.7 Å². The fourth-order valence-electron chi connectivity index (χ4n) is 1.98. The molecule has 0 aliphatic heterocycles. The van der Waals surface area contributed by atoms with Crippen molar-refractivity contribution in [2.75, 3.05) is 5.43 Å². The highest BCUT2D eigenvalue weighted by Gasteiger charge is 2.32. The van der Waals surface area contributed by atoms with Crippen molar-refractivity contribution in [2.24, 2.45) is 0 Å². The van der Waals surface area contributed by atoms with Crippen molar-refractivity contribution in [3.8, 4) is 0 Å². The van der Waals surface area contributed by atoms with E-state index in [2.05, 4.69) is 15.5 Å². The average molecular weight is 322 g/mol. The van der Waals surface area contributed by atoms with E-state index in [0.717, 1.165) is 6.07 Å². The zero-order valence-corrected chi connectivity index (χ0v) is 11.4. The van der Waals surface area contributed by atoms with E-state index >= 15 is 0 Å². The van der Waals surface area contributed by atoms with Crippen LogP contribution in [0.4, 0.5) is 19.0 Å². The Morgan fingerprint density at radius 1 is 1.22 bits per heavy atom. The number of halogens is 3. The standard InChI is InChI=1S/C14H9F3N4O2/c15-14(16,17)11-2-1-3-12(18-11)20-21-7-9-5-4-8(13(22)23)6-10(9)19-21/h1-7H,(H,18,20)(H,22,23). The average Bonchev–Trinajstić information content (AvgIpc) is 2.87. The predicted octanol–water partition coefficient (Wildman–Crippen LogP) is 3.02. The van der Waals surface area contributed by atoms with Crippen LogP contribution in [-0.2, 0) is 6.18 Å². The lowest BCUT2D eigenvalue weighted by Crippen LogP contribution is -2.14. The minimum absolute atomic E-state index is 0.0360. The Labute approximate surface area is 127 Å². The van der Waals surface area contributed by atoms with Gasteiger partial charge in [-0.3, -0.25) is 5.43 Å². The van der Waals surface area contributed by atoms with Gasteiger partial charge in [0.15, 0.2) is 0 Å². The van der Waals surface area contributed by atoms with Crippen LogP contribution in [0.25, 0.3) is 10.9 Å². The summed E-state index contributed by atoms with van der Waals surface area (Å²) < 4.78 is 37.9. The summed E-state index contributed by atoms with van der Waals surface area (Å²) >= 11 is 0. The first-order valence-electron chi connectivity index (χ1n) is 6.37. The van der Waals surface area contributed by atoms with Crippen LogP contribution < -0.4 is 5.43 Å². The fourth-order valence-corrected chi connectivity index (χ4v) is 1.98. The Bertz CT molecular complexity index is 889. The Hall–Kier alpha value is -3.10. The number of anilines is 1. The number of carbonyl (C=O) groups is 1. The molecule has 6 nitrogen and oxygen atoms in total. The highest BCUT2D eigenvalue weighted by atomic mass is 19.4. The molecule has 0 aliphatic rings. The molecule has 23 heavy (non-hydrogen) atoms. The smallest absolute Gasteiger partial charge is 0.433 e. The molecular formula is C14H9F3N4O2. The zero-order valence-electron chi connectivity index (χ0n) is 11.4. The number of rotatable bonds is 3. The molecule has 2 heterocycles. The van der Waals surface area contributed by atoms with Crippen LogP contribution in [0.5, 0.6) is 0 Å². The number of hydrogen-bond acceptors (Lipinski definition) is 4. The van der Waals surface area contributed by atoms with Crippen molar-refractivity contribution in [1.82, 2.24) is 14.9 Å². The fraction of sp³-hybridized carbons (Fsp3) is 0.0714. The van der Waals surface area contributed by atoms with Gasteiger partial charge in [-0.15, -0.1) is 0 Å². The van der Waals surface area contributed by atoms with Crippen LogP contribution >= 0.6 is 0 Å². The van der Waals surface area contributed by atoms with Crippen LogP contribution in [0.3, 0.4) is 0 Å². The molecule has 0 bridgehead atoms. The van der Waals surface area contributed by atoms with Crippen molar-refractivity contribution in [1.29, 1.82) is 0 Å². The highest BCUT2D eigenvalue weighted by Crippen LogP contribution is 2.28. The molecule has 118 valence electrons. The molecule has 0 atom stereocenters. The number of nitrogens with one attached hydrogen (secondary N) is 1. The van der Waals surface area contributed by atoms with Crippen LogP contribution in [0.15, 0.2) is 42.6 Å². The maximum absolute atomic E-state index is 12.6. The molecule has 0 unspecified atom stereocenters. The van der Waals surface area contributed by atoms with Gasteiger partial charge in [0, 0.05) is 5.39 Å². The van der Waals surface area contributed by atoms with E-state index in [1.807, 2.05) is 0 Å². The van der Waals surface area contributed by atoms with Crippen LogP contribution in [0.1, 0.15) is 16.1 Å². The Kier molecular flexibility index (Phi) is 3.40. The number of aromatic carboxylic acids is 1. The highest BCUT2D eigenvalue weighted by molar-refractivity contribution is 5.92. The third-order valence-electron chi connectivity index (χ3n) is 3.02. The number of carboxylic acid groups (broad SMARTS) is 1. The summed E-state index contributed by atoms with van der Waals surface area (Å²) in [6.45, 7) is 0. The number of alkyl halides is 3. The van der Waals surface area contributed by atoms with Gasteiger partial charge in [-0.05, 0) is 24.3 Å². The van der Waals surface area contributed by atoms with Gasteiger partial charge in [0.05, 0.1) is 17.3 Å². The first kappa shape index (κ1) is 14.8. The van der Waals surface area contributed by atoms with Gasteiger partial charge in [0.2, 0.25) is 0 Å². The second kappa shape index (κ2) is 5.27. The topological polar surface area (TPSA) is 80.0 Å². The first-order chi connectivity index (χ1) is 10.8. The second-order valence-electron chi connectivity index (χ2n) is 4.67. The van der Waals surface area contributed by atoms with E-state index in [4.69, 9.17) is 5.11 Å². The van der Waals surface area contributed by atoms with Crippen molar-refractivity contribution in [3.05, 3.63) is 53.9 Å². The minimum atomic E-state index is -4.54. The lowest BCUT2D eigenvalue weighted by molar-refractivity contribution is -0.141. The minimum Gasteiger partial charge on any atom is -0.478 e. The first-order valence-corrected chi connectivity index (χ1v) is 6.37. The molecule has 9 heteroatoms. The van der Waals surface area contributed by atoms with E-state index in [1.54, 1.807) is 6.07 Å². The molecule has 3 rings (SSSR count). The Morgan fingerprint density at radius 3 is 2.70 bits per heavy atom. The number of benzene rings is 1. The van der Waals surface area contributed by atoms with E-state index < -0.39 is 17.8 Å². The molecular weight excluding hydrogens is 313 g/mol. The van der Waals surface area contributed by atoms with Gasteiger partial charge in [0.1, 0.15) is 11.5 Å². The number of hydrogen-bond donors (Lipinski definition) is 2. The number of nitrogens with zero attached hydrogens (tertiary/aromatic N) is 3. The van der Waals surface area contributed by atoms with Crippen molar-refractivity contribution < 1.29 is 23.1 Å². The largest absolute Gasteiger partial charge is 0.478 e. The predicted molar refractivity (Wildman–Crippen MR) is 75.0 cm³/mol. The van der Waals surface area contributed by atoms with Crippen molar-refractivity contribution in [3.63, 3.8) is 0 Å². The zero-order chi connectivity index (χ0) is 16.6. The van der Waals surface area contributed by atoms with Crippen LogP contribution in [0, 0.1) is 0 Å². The molecule has 3 aromatic rings. The Balaban J connectivity index is 1.91. The van der Waals surface area contributed by atoms with Gasteiger partial charge in [-0.2, -0.15) is 23.1 Å². The molecule has 0 aliphatic carbocycles. The van der Waals surface area contributed by atoms with E-state index in [-0.39, 0.29) is 11.4 Å². The van der Waals surface area contributed by atoms with Gasteiger partial charge in [-0.25, -0.2) is 9.78 Å². The van der Waals surface area contributed by atoms with E-state index in [9.17, 15) is 18.0 Å². The monoisotopic (exact) mass is 322 g/mol. The molecule has 1 aromatic carbocycles. The van der Waals surface area contributed by atoms with E-state index in [0.29, 0.717) is 10.9 Å². The van der Waals surface area contributed by atoms with Crippen LogP contribution in [0.2, 0.25) is 0 Å². The molecule has 2 N–H and O–H groups in total. The third kappa shape index (κ3) is 3.07. The van der Waals surface area contributed by atoms with Gasteiger partial charge in [-0.1, -0.05) is 12.1 Å². The lowest BCUT2D eigenvalue weighted by Gasteiger charge is -2.09. The molecule has 0 fully saturated rings. The SMILES string of the molecule is O=C(O)c1ccc2cn(Nc3cccc(C(F)(F)F)n3)nc2c1. The molecule has 0 amide bonds.